The van der Waals surface area contributed by atoms with Crippen molar-refractivity contribution in [2.75, 3.05) is 0 Å². The van der Waals surface area contributed by atoms with Gasteiger partial charge in [-0.1, -0.05) is 29.3 Å². The van der Waals surface area contributed by atoms with E-state index in [2.05, 4.69) is 25.2 Å². The summed E-state index contributed by atoms with van der Waals surface area (Å²) in [7, 11) is 0. The van der Waals surface area contributed by atoms with E-state index in [0.29, 0.717) is 28.9 Å². The summed E-state index contributed by atoms with van der Waals surface area (Å²) in [6.45, 7) is 5.40. The van der Waals surface area contributed by atoms with Crippen LogP contribution in [0.2, 0.25) is 10.0 Å². The summed E-state index contributed by atoms with van der Waals surface area (Å²) >= 11 is 13.0. The molecule has 5 rings (SSSR count). The van der Waals surface area contributed by atoms with Gasteiger partial charge in [0, 0.05) is 11.3 Å². The number of aromatic nitrogens is 5. The van der Waals surface area contributed by atoms with Crippen LogP contribution in [0.1, 0.15) is 41.4 Å². The molecule has 0 bridgehead atoms. The second kappa shape index (κ2) is 7.97. The van der Waals surface area contributed by atoms with E-state index in [1.165, 1.54) is 18.2 Å². The molecule has 3 heterocycles. The van der Waals surface area contributed by atoms with Crippen LogP contribution in [0.3, 0.4) is 0 Å². The number of aryl methyl sites for hydroxylation is 2. The van der Waals surface area contributed by atoms with E-state index >= 15 is 0 Å². The van der Waals surface area contributed by atoms with Gasteiger partial charge in [-0.25, -0.2) is 18.7 Å². The van der Waals surface area contributed by atoms with Crippen LogP contribution >= 0.6 is 23.2 Å². The minimum atomic E-state index is -0.761. The Morgan fingerprint density at radius 3 is 2.36 bits per heavy atom. The van der Waals surface area contributed by atoms with Gasteiger partial charge < -0.3 is 0 Å². The van der Waals surface area contributed by atoms with E-state index in [0.717, 1.165) is 5.69 Å². The Balaban J connectivity index is 1.87. The molecular weight excluding hydrogens is 469 g/mol. The van der Waals surface area contributed by atoms with Gasteiger partial charge in [-0.05, 0) is 51.1 Å². The zero-order chi connectivity index (χ0) is 23.4. The fourth-order valence-electron chi connectivity index (χ4n) is 3.98. The van der Waals surface area contributed by atoms with Crippen LogP contribution in [0, 0.1) is 25.5 Å². The summed E-state index contributed by atoms with van der Waals surface area (Å²) in [5.41, 5.74) is 1.83. The molecule has 2 aromatic carbocycles. The van der Waals surface area contributed by atoms with E-state index in [1.807, 2.05) is 6.92 Å². The summed E-state index contributed by atoms with van der Waals surface area (Å²) in [6, 6.07) is 8.13. The number of fused-ring (bicyclic) bond motifs is 3. The number of hydrogen-bond acceptors (Lipinski definition) is 5. The van der Waals surface area contributed by atoms with Crippen molar-refractivity contribution in [3.63, 3.8) is 0 Å². The molecule has 6 nitrogen and oxygen atoms in total. The van der Waals surface area contributed by atoms with Gasteiger partial charge in [0.2, 0.25) is 0 Å². The Morgan fingerprint density at radius 1 is 0.939 bits per heavy atom. The molecule has 0 N–H and O–H groups in total. The molecule has 0 amide bonds. The monoisotopic (exact) mass is 484 g/mol. The maximum absolute atomic E-state index is 14.9. The number of hydrogen-bond donors (Lipinski definition) is 0. The number of rotatable bonds is 2. The molecule has 0 unspecified atom stereocenters. The van der Waals surface area contributed by atoms with Gasteiger partial charge in [0.1, 0.15) is 29.2 Å². The van der Waals surface area contributed by atoms with E-state index in [4.69, 9.17) is 23.2 Å². The molecule has 10 heteroatoms. The maximum Gasteiger partial charge on any atom is 0.187 e. The normalized spacial score (nSPS) is 15.0. The van der Waals surface area contributed by atoms with Gasteiger partial charge in [0.15, 0.2) is 11.6 Å². The minimum Gasteiger partial charge on any atom is -0.275 e. The van der Waals surface area contributed by atoms with E-state index in [-0.39, 0.29) is 26.9 Å². The van der Waals surface area contributed by atoms with Crippen LogP contribution in [0.4, 0.5) is 8.78 Å². The lowest BCUT2D eigenvalue weighted by Gasteiger charge is -2.16. The first-order chi connectivity index (χ1) is 15.8. The number of halogens is 4. The van der Waals surface area contributed by atoms with Crippen molar-refractivity contribution in [3.8, 4) is 17.2 Å². The lowest BCUT2D eigenvalue weighted by Crippen LogP contribution is -2.13. The summed E-state index contributed by atoms with van der Waals surface area (Å²) in [4.78, 5) is 13.5. The Kier molecular flexibility index (Phi) is 5.22. The highest BCUT2D eigenvalue weighted by Gasteiger charge is 2.32. The Morgan fingerprint density at radius 2 is 1.67 bits per heavy atom. The average molecular weight is 485 g/mol. The molecule has 33 heavy (non-hydrogen) atoms. The Labute approximate surface area is 198 Å². The molecule has 0 saturated carbocycles. The zero-order valence-corrected chi connectivity index (χ0v) is 19.2. The molecular formula is C23H16Cl2F2N6. The SMILES string of the molecule is Cc1cc(-c2nnc3n2-c2ccc(Cl)c(Cl)c2C(c2c(F)cccc2F)=N[C@H]3C)nc(C)n1. The second-order valence-corrected chi connectivity index (χ2v) is 8.45. The van der Waals surface area contributed by atoms with Gasteiger partial charge in [-0.2, -0.15) is 0 Å². The van der Waals surface area contributed by atoms with Gasteiger partial charge in [-0.3, -0.25) is 9.56 Å². The number of benzene rings is 2. The number of aliphatic imine (C=N–C) groups is 1. The third-order valence-corrected chi connectivity index (χ3v) is 6.13. The van der Waals surface area contributed by atoms with Gasteiger partial charge in [0.05, 0.1) is 27.0 Å². The third-order valence-electron chi connectivity index (χ3n) is 5.33. The lowest BCUT2D eigenvalue weighted by molar-refractivity contribution is 0.578. The Hall–Kier alpha value is -3.23. The summed E-state index contributed by atoms with van der Waals surface area (Å²) < 4.78 is 31.5. The predicted octanol–water partition coefficient (Wildman–Crippen LogP) is 5.84. The predicted molar refractivity (Wildman–Crippen MR) is 122 cm³/mol. The van der Waals surface area contributed by atoms with Crippen molar-refractivity contribution < 1.29 is 8.78 Å². The molecule has 0 fully saturated rings. The minimum absolute atomic E-state index is 0.0482. The zero-order valence-electron chi connectivity index (χ0n) is 17.7. The summed E-state index contributed by atoms with van der Waals surface area (Å²) in [6.07, 6.45) is 0. The molecule has 0 saturated heterocycles. The highest BCUT2D eigenvalue weighted by Crippen LogP contribution is 2.39. The standard InChI is InChI=1S/C23H16Cl2F2N6/c1-10-9-16(30-12(3)28-10)23-32-31-22-11(2)29-21(18-14(26)5-4-6-15(18)27)19-17(33(22)23)8-7-13(24)20(19)25/h4-9,11H,1-3H3/t11-/m0/s1. The van der Waals surface area contributed by atoms with E-state index in [1.54, 1.807) is 36.6 Å². The molecule has 1 aliphatic rings. The molecule has 0 radical (unpaired) electrons. The van der Waals surface area contributed by atoms with Crippen molar-refractivity contribution in [3.05, 3.63) is 86.5 Å². The van der Waals surface area contributed by atoms with Crippen molar-refractivity contribution in [1.29, 1.82) is 0 Å². The smallest absolute Gasteiger partial charge is 0.187 e. The van der Waals surface area contributed by atoms with Crippen LogP contribution in [0.5, 0.6) is 0 Å². The van der Waals surface area contributed by atoms with E-state index in [9.17, 15) is 8.78 Å². The molecule has 2 aromatic heterocycles. The molecule has 0 spiro atoms. The molecule has 4 aromatic rings. The van der Waals surface area contributed by atoms with Crippen LogP contribution < -0.4 is 0 Å². The molecule has 1 aliphatic heterocycles. The van der Waals surface area contributed by atoms with Crippen LogP contribution in [0.15, 0.2) is 41.4 Å². The van der Waals surface area contributed by atoms with E-state index < -0.39 is 17.7 Å². The Bertz CT molecular complexity index is 1420. The average Bonchev–Trinajstić information content (AvgIpc) is 3.14. The van der Waals surface area contributed by atoms with Crippen molar-refractivity contribution in [2.45, 2.75) is 26.8 Å². The highest BCUT2D eigenvalue weighted by molar-refractivity contribution is 6.45. The van der Waals surface area contributed by atoms with Crippen LogP contribution in [-0.4, -0.2) is 30.4 Å². The van der Waals surface area contributed by atoms with Crippen LogP contribution in [0.25, 0.3) is 17.2 Å². The molecule has 0 aliphatic carbocycles. The maximum atomic E-state index is 14.9. The highest BCUT2D eigenvalue weighted by atomic mass is 35.5. The first kappa shape index (κ1) is 21.6. The first-order valence-electron chi connectivity index (χ1n) is 10.0. The summed E-state index contributed by atoms with van der Waals surface area (Å²) in [5.74, 6) is -0.0599. The first-order valence-corrected chi connectivity index (χ1v) is 10.8. The topological polar surface area (TPSA) is 68.8 Å². The van der Waals surface area contributed by atoms with Crippen molar-refractivity contribution in [1.82, 2.24) is 24.7 Å². The van der Waals surface area contributed by atoms with Crippen molar-refractivity contribution >= 4 is 28.9 Å². The van der Waals surface area contributed by atoms with Crippen molar-refractivity contribution in [2.24, 2.45) is 4.99 Å². The lowest BCUT2D eigenvalue weighted by atomic mass is 9.99. The largest absolute Gasteiger partial charge is 0.275 e. The fraction of sp³-hybridized carbons (Fsp3) is 0.174. The van der Waals surface area contributed by atoms with Crippen LogP contribution in [-0.2, 0) is 0 Å². The third kappa shape index (κ3) is 3.50. The molecule has 166 valence electrons. The van der Waals surface area contributed by atoms with Gasteiger partial charge in [0.25, 0.3) is 0 Å². The van der Waals surface area contributed by atoms with Gasteiger partial charge >= 0.3 is 0 Å². The summed E-state index contributed by atoms with van der Waals surface area (Å²) in [5, 5.41) is 9.03. The number of nitrogens with zero attached hydrogens (tertiary/aromatic N) is 6. The van der Waals surface area contributed by atoms with Gasteiger partial charge in [-0.15, -0.1) is 10.2 Å². The second-order valence-electron chi connectivity index (χ2n) is 7.66. The molecule has 1 atom stereocenters. The fourth-order valence-corrected chi connectivity index (χ4v) is 4.39. The quantitative estimate of drug-likeness (QED) is 0.358.